The summed E-state index contributed by atoms with van der Waals surface area (Å²) in [7, 11) is 0. The van der Waals surface area contributed by atoms with Gasteiger partial charge in [-0.2, -0.15) is 0 Å². The molecule has 0 aliphatic rings. The number of esters is 2. The van der Waals surface area contributed by atoms with Crippen LogP contribution in [0.4, 0.5) is 0 Å². The molecule has 0 aliphatic heterocycles. The topological polar surface area (TPSA) is 43.4 Å². The van der Waals surface area contributed by atoms with E-state index in [-0.39, 0.29) is 22.0 Å². The number of ether oxygens (including phenoxy) is 1. The van der Waals surface area contributed by atoms with Gasteiger partial charge < -0.3 is 4.74 Å². The average molecular weight is 499 g/mol. The molecule has 0 amide bonds. The van der Waals surface area contributed by atoms with Gasteiger partial charge in [0.15, 0.2) is 0 Å². The highest BCUT2D eigenvalue weighted by Crippen LogP contribution is 2.36. The van der Waals surface area contributed by atoms with Crippen molar-refractivity contribution in [3.8, 4) is 0 Å². The smallest absolute Gasteiger partial charge is 0.323 e. The van der Waals surface area contributed by atoms with Gasteiger partial charge in [-0.25, -0.2) is 0 Å². The normalized spacial score (nSPS) is 10.9. The maximum absolute atomic E-state index is 12.5. The first-order valence-corrected chi connectivity index (χ1v) is 13.5. The molecule has 3 nitrogen and oxygen atoms in total. The predicted octanol–water partition coefficient (Wildman–Crippen LogP) is 7.10. The fourth-order valence-corrected chi connectivity index (χ4v) is 5.89. The number of thioether (sulfide) groups is 2. The van der Waals surface area contributed by atoms with Crippen LogP contribution < -0.4 is 0 Å². The minimum absolute atomic E-state index is 0.0185. The van der Waals surface area contributed by atoms with E-state index in [4.69, 9.17) is 4.74 Å². The lowest BCUT2D eigenvalue weighted by atomic mass is 10.0. The summed E-state index contributed by atoms with van der Waals surface area (Å²) in [6.45, 7) is 0. The van der Waals surface area contributed by atoms with Gasteiger partial charge in [-0.1, -0.05) is 121 Å². The summed E-state index contributed by atoms with van der Waals surface area (Å²) in [5.41, 5.74) is 4.41. The Kier molecular flexibility index (Phi) is 9.21. The maximum Gasteiger partial charge on any atom is 0.323 e. The van der Waals surface area contributed by atoms with E-state index in [1.54, 1.807) is 0 Å². The molecule has 4 rings (SSSR count). The highest BCUT2D eigenvalue weighted by Gasteiger charge is 2.20. The van der Waals surface area contributed by atoms with Gasteiger partial charge in [-0.15, -0.1) is 23.5 Å². The predicted molar refractivity (Wildman–Crippen MR) is 145 cm³/mol. The van der Waals surface area contributed by atoms with Gasteiger partial charge in [-0.05, 0) is 22.3 Å². The van der Waals surface area contributed by atoms with Crippen molar-refractivity contribution < 1.29 is 14.3 Å². The number of hydrogen-bond acceptors (Lipinski definition) is 5. The molecule has 176 valence electrons. The zero-order valence-electron chi connectivity index (χ0n) is 19.2. The summed E-state index contributed by atoms with van der Waals surface area (Å²) >= 11 is 2.92. The second-order valence-electron chi connectivity index (χ2n) is 7.87. The average Bonchev–Trinajstić information content (AvgIpc) is 2.91. The molecule has 0 saturated heterocycles. The zero-order valence-corrected chi connectivity index (χ0v) is 20.8. The second kappa shape index (κ2) is 13.0. The molecule has 0 fully saturated rings. The van der Waals surface area contributed by atoms with E-state index in [0.29, 0.717) is 0 Å². The lowest BCUT2D eigenvalue weighted by Gasteiger charge is -2.18. The number of benzene rings is 4. The van der Waals surface area contributed by atoms with Crippen LogP contribution in [-0.2, 0) is 14.3 Å². The molecule has 0 atom stereocenters. The molecular weight excluding hydrogens is 472 g/mol. The fraction of sp³-hybridized carbons (Fsp3) is 0.133. The number of carbonyl (C=O) groups excluding carboxylic acids is 2. The third-order valence-corrected chi connectivity index (χ3v) is 7.93. The van der Waals surface area contributed by atoms with Gasteiger partial charge >= 0.3 is 11.9 Å². The fourth-order valence-electron chi connectivity index (χ4n) is 3.77. The molecule has 0 N–H and O–H groups in total. The number of carbonyl (C=O) groups is 2. The molecule has 0 spiro atoms. The van der Waals surface area contributed by atoms with E-state index < -0.39 is 11.9 Å². The minimum Gasteiger partial charge on any atom is -0.392 e. The highest BCUT2D eigenvalue weighted by molar-refractivity contribution is 8.00. The third-order valence-electron chi connectivity index (χ3n) is 5.37. The van der Waals surface area contributed by atoms with Crippen LogP contribution in [-0.4, -0.2) is 23.4 Å². The molecule has 35 heavy (non-hydrogen) atoms. The molecular formula is C30H26O3S2. The van der Waals surface area contributed by atoms with Crippen LogP contribution in [0, 0.1) is 0 Å². The van der Waals surface area contributed by atoms with Gasteiger partial charge in [0.2, 0.25) is 0 Å². The molecule has 0 unspecified atom stereocenters. The molecule has 4 aromatic rings. The standard InChI is InChI=1S/C30H26O3S2/c31-27(21-34-29(23-13-5-1-6-14-23)24-15-7-2-8-16-24)33-28(32)22-35-30(25-17-9-3-10-18-25)26-19-11-4-12-20-26/h1-20,29-30H,21-22H2. The summed E-state index contributed by atoms with van der Waals surface area (Å²) in [5.74, 6) is -0.862. The second-order valence-corrected chi connectivity index (χ2v) is 10.1. The summed E-state index contributed by atoms with van der Waals surface area (Å²) < 4.78 is 5.18. The van der Waals surface area contributed by atoms with Gasteiger partial charge in [0.1, 0.15) is 0 Å². The van der Waals surface area contributed by atoms with Gasteiger partial charge in [-0.3, -0.25) is 9.59 Å². The summed E-state index contributed by atoms with van der Waals surface area (Å²) in [6, 6.07) is 40.2. The van der Waals surface area contributed by atoms with Crippen LogP contribution in [0.2, 0.25) is 0 Å². The molecule has 5 heteroatoms. The van der Waals surface area contributed by atoms with Crippen molar-refractivity contribution in [2.45, 2.75) is 10.5 Å². The molecule has 0 bridgehead atoms. The van der Waals surface area contributed by atoms with E-state index in [1.165, 1.54) is 23.5 Å². The van der Waals surface area contributed by atoms with E-state index in [1.807, 2.05) is 121 Å². The molecule has 0 heterocycles. The lowest BCUT2D eigenvalue weighted by molar-refractivity contribution is -0.155. The Morgan fingerprint density at radius 3 is 1.00 bits per heavy atom. The summed E-state index contributed by atoms with van der Waals surface area (Å²) in [4.78, 5) is 25.1. The molecule has 0 saturated carbocycles. The van der Waals surface area contributed by atoms with Crippen molar-refractivity contribution in [1.29, 1.82) is 0 Å². The SMILES string of the molecule is O=C(CSC(c1ccccc1)c1ccccc1)OC(=O)CSC(c1ccccc1)c1ccccc1. The first-order valence-electron chi connectivity index (χ1n) is 11.4. The Bertz CT molecular complexity index is 1020. The maximum atomic E-state index is 12.5. The van der Waals surface area contributed by atoms with E-state index in [0.717, 1.165) is 22.3 Å². The van der Waals surface area contributed by atoms with E-state index >= 15 is 0 Å². The Morgan fingerprint density at radius 2 is 0.743 bits per heavy atom. The van der Waals surface area contributed by atoms with Crippen LogP contribution in [0.5, 0.6) is 0 Å². The molecule has 0 radical (unpaired) electrons. The third kappa shape index (κ3) is 7.35. The van der Waals surface area contributed by atoms with Crippen LogP contribution in [0.25, 0.3) is 0 Å². The Balaban J connectivity index is 1.35. The largest absolute Gasteiger partial charge is 0.392 e. The quantitative estimate of drug-likeness (QED) is 0.172. The molecule has 4 aromatic carbocycles. The Morgan fingerprint density at radius 1 is 0.486 bits per heavy atom. The van der Waals surface area contributed by atoms with Crippen molar-refractivity contribution in [3.63, 3.8) is 0 Å². The first kappa shape index (κ1) is 24.8. The van der Waals surface area contributed by atoms with Crippen molar-refractivity contribution in [1.82, 2.24) is 0 Å². The van der Waals surface area contributed by atoms with Crippen LogP contribution in [0.1, 0.15) is 32.8 Å². The highest BCUT2D eigenvalue weighted by atomic mass is 32.2. The van der Waals surface area contributed by atoms with Crippen LogP contribution >= 0.6 is 23.5 Å². The monoisotopic (exact) mass is 498 g/mol. The molecule has 0 aliphatic carbocycles. The first-order chi connectivity index (χ1) is 17.2. The minimum atomic E-state index is -0.520. The molecule has 0 aromatic heterocycles. The zero-order chi connectivity index (χ0) is 24.3. The summed E-state index contributed by atoms with van der Waals surface area (Å²) in [6.07, 6.45) is 0. The van der Waals surface area contributed by atoms with Crippen molar-refractivity contribution >= 4 is 35.5 Å². The van der Waals surface area contributed by atoms with Gasteiger partial charge in [0, 0.05) is 0 Å². The van der Waals surface area contributed by atoms with Crippen molar-refractivity contribution in [2.24, 2.45) is 0 Å². The lowest BCUT2D eigenvalue weighted by Crippen LogP contribution is -2.17. The van der Waals surface area contributed by atoms with E-state index in [9.17, 15) is 9.59 Å². The van der Waals surface area contributed by atoms with Crippen LogP contribution in [0.3, 0.4) is 0 Å². The Labute approximate surface area is 214 Å². The Hall–Kier alpha value is -3.28. The summed E-state index contributed by atoms with van der Waals surface area (Å²) in [5, 5.41) is -0.0371. The number of rotatable bonds is 10. The van der Waals surface area contributed by atoms with Crippen molar-refractivity contribution in [2.75, 3.05) is 11.5 Å². The van der Waals surface area contributed by atoms with E-state index in [2.05, 4.69) is 0 Å². The van der Waals surface area contributed by atoms with Crippen LogP contribution in [0.15, 0.2) is 121 Å². The van der Waals surface area contributed by atoms with Crippen molar-refractivity contribution in [3.05, 3.63) is 144 Å². The van der Waals surface area contributed by atoms with Gasteiger partial charge in [0.05, 0.1) is 22.0 Å². The number of hydrogen-bond donors (Lipinski definition) is 0. The van der Waals surface area contributed by atoms with Gasteiger partial charge in [0.25, 0.3) is 0 Å².